The number of hydrogen-bond acceptors (Lipinski definition) is 9. The summed E-state index contributed by atoms with van der Waals surface area (Å²) in [5.41, 5.74) is 0.0685. The smallest absolute Gasteiger partial charge is 0.343 e. The highest BCUT2D eigenvalue weighted by molar-refractivity contribution is 5.93. The number of rotatable bonds is 7. The van der Waals surface area contributed by atoms with Crippen LogP contribution in [0.4, 0.5) is 0 Å². The molecule has 162 valence electrons. The number of carbonyl (C=O) groups is 1. The Labute approximate surface area is 171 Å². The molecule has 0 bridgehead atoms. The fraction of sp³-hybridized carbons (Fsp3) is 0.350. The number of carboxylic acids is 1. The van der Waals surface area contributed by atoms with Gasteiger partial charge in [0.25, 0.3) is 0 Å². The van der Waals surface area contributed by atoms with Crippen LogP contribution in [0, 0.1) is 0 Å². The number of aromatic hydroxyl groups is 1. The van der Waals surface area contributed by atoms with Gasteiger partial charge in [-0.1, -0.05) is 24.3 Å². The van der Waals surface area contributed by atoms with E-state index in [9.17, 15) is 35.4 Å². The van der Waals surface area contributed by atoms with Crippen LogP contribution < -0.4 is 9.47 Å². The van der Waals surface area contributed by atoms with E-state index >= 15 is 0 Å². The summed E-state index contributed by atoms with van der Waals surface area (Å²) in [4.78, 5) is 11.4. The molecular formula is C20H22O10. The summed E-state index contributed by atoms with van der Waals surface area (Å²) in [7, 11) is 0. The van der Waals surface area contributed by atoms with Gasteiger partial charge in [-0.05, 0) is 18.2 Å². The van der Waals surface area contributed by atoms with Crippen molar-refractivity contribution in [2.24, 2.45) is 0 Å². The van der Waals surface area contributed by atoms with Crippen LogP contribution in [-0.4, -0.2) is 73.9 Å². The van der Waals surface area contributed by atoms with Crippen LogP contribution in [0.15, 0.2) is 42.5 Å². The van der Waals surface area contributed by atoms with Crippen molar-refractivity contribution in [3.8, 4) is 17.2 Å². The molecule has 2 aromatic rings. The Kier molecular flexibility index (Phi) is 6.75. The van der Waals surface area contributed by atoms with Gasteiger partial charge in [0.15, 0.2) is 0 Å². The third-order valence-corrected chi connectivity index (χ3v) is 4.67. The molecule has 2 aromatic carbocycles. The summed E-state index contributed by atoms with van der Waals surface area (Å²) < 4.78 is 16.5. The number of phenols is 1. The first-order chi connectivity index (χ1) is 14.3. The maximum absolute atomic E-state index is 11.4. The van der Waals surface area contributed by atoms with Crippen molar-refractivity contribution in [1.82, 2.24) is 0 Å². The topological polar surface area (TPSA) is 166 Å². The second-order valence-corrected chi connectivity index (χ2v) is 6.67. The number of aliphatic hydroxyl groups excluding tert-OH is 4. The second-order valence-electron chi connectivity index (χ2n) is 6.67. The maximum Gasteiger partial charge on any atom is 0.343 e. The number of ether oxygens (including phenoxy) is 3. The highest BCUT2D eigenvalue weighted by atomic mass is 16.7. The molecule has 0 radical (unpaired) electrons. The van der Waals surface area contributed by atoms with Gasteiger partial charge in [-0.2, -0.15) is 0 Å². The van der Waals surface area contributed by atoms with E-state index in [0.717, 1.165) is 0 Å². The first-order valence-corrected chi connectivity index (χ1v) is 9.06. The van der Waals surface area contributed by atoms with Gasteiger partial charge in [0, 0.05) is 5.56 Å². The molecule has 1 aliphatic rings. The maximum atomic E-state index is 11.4. The van der Waals surface area contributed by atoms with E-state index < -0.39 is 49.0 Å². The molecular weight excluding hydrogens is 400 g/mol. The molecule has 1 saturated heterocycles. The second kappa shape index (κ2) is 9.28. The predicted octanol–water partition coefficient (Wildman–Crippen LogP) is -0.152. The third kappa shape index (κ3) is 4.48. The monoisotopic (exact) mass is 422 g/mol. The molecule has 0 aliphatic carbocycles. The predicted molar refractivity (Wildman–Crippen MR) is 100 cm³/mol. The quantitative estimate of drug-likeness (QED) is 0.353. The van der Waals surface area contributed by atoms with Crippen molar-refractivity contribution in [2.45, 2.75) is 37.3 Å². The lowest BCUT2D eigenvalue weighted by molar-refractivity contribution is -0.277. The lowest BCUT2D eigenvalue weighted by Gasteiger charge is -2.39. The van der Waals surface area contributed by atoms with Gasteiger partial charge < -0.3 is 44.8 Å². The minimum Gasteiger partial charge on any atom is -0.507 e. The summed E-state index contributed by atoms with van der Waals surface area (Å²) in [6.07, 6.45) is -7.18. The van der Waals surface area contributed by atoms with Gasteiger partial charge >= 0.3 is 5.97 Å². The number of aliphatic hydroxyl groups is 4. The minimum atomic E-state index is -1.59. The zero-order valence-corrected chi connectivity index (χ0v) is 15.7. The largest absolute Gasteiger partial charge is 0.507 e. The molecule has 30 heavy (non-hydrogen) atoms. The highest BCUT2D eigenvalue weighted by Gasteiger charge is 2.44. The number of carboxylic acid groups (broad SMARTS) is 1. The third-order valence-electron chi connectivity index (χ3n) is 4.67. The summed E-state index contributed by atoms with van der Waals surface area (Å²) in [5.74, 6) is -1.64. The fourth-order valence-electron chi connectivity index (χ4n) is 3.04. The Morgan fingerprint density at radius 1 is 0.967 bits per heavy atom. The molecule has 1 heterocycles. The lowest BCUT2D eigenvalue weighted by atomic mass is 9.99. The number of aromatic carboxylic acids is 1. The average molecular weight is 422 g/mol. The van der Waals surface area contributed by atoms with E-state index in [1.54, 1.807) is 24.3 Å². The molecule has 10 heteroatoms. The van der Waals surface area contributed by atoms with E-state index in [2.05, 4.69) is 0 Å². The lowest BCUT2D eigenvalue weighted by Crippen LogP contribution is -2.60. The van der Waals surface area contributed by atoms with Crippen LogP contribution in [0.1, 0.15) is 15.9 Å². The zero-order chi connectivity index (χ0) is 21.8. The van der Waals surface area contributed by atoms with Crippen LogP contribution in [-0.2, 0) is 11.3 Å². The average Bonchev–Trinajstić information content (AvgIpc) is 2.73. The van der Waals surface area contributed by atoms with Crippen molar-refractivity contribution < 1.29 is 49.6 Å². The standard InChI is InChI=1S/C20H22O10/c21-8-14-16(23)17(24)18(25)20(30-14)29-12-6-2-1-4-10(12)9-28-13-7-3-5-11(22)15(13)19(26)27/h1-7,14,16-18,20-25H,8-9H2,(H,26,27). The Hall–Kier alpha value is -2.89. The van der Waals surface area contributed by atoms with Crippen LogP contribution in [0.2, 0.25) is 0 Å². The molecule has 10 nitrogen and oxygen atoms in total. The van der Waals surface area contributed by atoms with Crippen molar-refractivity contribution in [1.29, 1.82) is 0 Å². The Balaban J connectivity index is 1.77. The summed E-state index contributed by atoms with van der Waals surface area (Å²) >= 11 is 0. The molecule has 1 fully saturated rings. The number of benzene rings is 2. The van der Waals surface area contributed by atoms with Crippen LogP contribution >= 0.6 is 0 Å². The molecule has 5 atom stereocenters. The van der Waals surface area contributed by atoms with E-state index in [1.807, 2.05) is 0 Å². The van der Waals surface area contributed by atoms with Crippen molar-refractivity contribution >= 4 is 5.97 Å². The van der Waals surface area contributed by atoms with Gasteiger partial charge in [0.1, 0.15) is 53.8 Å². The van der Waals surface area contributed by atoms with Gasteiger partial charge in [0.2, 0.25) is 6.29 Å². The normalized spacial score (nSPS) is 26.2. The molecule has 0 saturated carbocycles. The SMILES string of the molecule is O=C(O)c1c(O)cccc1OCc1ccccc1OC1OC(CO)C(O)C(O)C1O. The summed E-state index contributed by atoms with van der Waals surface area (Å²) in [6, 6.07) is 10.5. The van der Waals surface area contributed by atoms with E-state index in [4.69, 9.17) is 14.2 Å². The molecule has 1 aliphatic heterocycles. The molecule has 0 spiro atoms. The van der Waals surface area contributed by atoms with Gasteiger partial charge in [-0.15, -0.1) is 0 Å². The first kappa shape index (κ1) is 21.8. The van der Waals surface area contributed by atoms with Crippen molar-refractivity contribution in [3.63, 3.8) is 0 Å². The summed E-state index contributed by atoms with van der Waals surface area (Å²) in [5, 5.41) is 58.2. The zero-order valence-electron chi connectivity index (χ0n) is 15.7. The van der Waals surface area contributed by atoms with Crippen molar-refractivity contribution in [2.75, 3.05) is 6.61 Å². The molecule has 6 N–H and O–H groups in total. The molecule has 3 rings (SSSR count). The Morgan fingerprint density at radius 3 is 2.37 bits per heavy atom. The highest BCUT2D eigenvalue weighted by Crippen LogP contribution is 2.30. The first-order valence-electron chi connectivity index (χ1n) is 9.06. The number of hydrogen-bond donors (Lipinski definition) is 6. The van der Waals surface area contributed by atoms with Crippen LogP contribution in [0.3, 0.4) is 0 Å². The molecule has 5 unspecified atom stereocenters. The molecule has 0 amide bonds. The van der Waals surface area contributed by atoms with Crippen LogP contribution in [0.5, 0.6) is 17.2 Å². The Morgan fingerprint density at radius 2 is 1.67 bits per heavy atom. The van der Waals surface area contributed by atoms with Gasteiger partial charge in [-0.3, -0.25) is 0 Å². The minimum absolute atomic E-state index is 0.0508. The molecule has 0 aromatic heterocycles. The Bertz CT molecular complexity index is 884. The summed E-state index contributed by atoms with van der Waals surface area (Å²) in [6.45, 7) is -0.734. The van der Waals surface area contributed by atoms with Crippen LogP contribution in [0.25, 0.3) is 0 Å². The van der Waals surface area contributed by atoms with E-state index in [-0.39, 0.29) is 23.7 Å². The fourth-order valence-corrected chi connectivity index (χ4v) is 3.04. The van der Waals surface area contributed by atoms with Gasteiger partial charge in [0.05, 0.1) is 6.61 Å². The van der Waals surface area contributed by atoms with E-state index in [0.29, 0.717) is 5.56 Å². The van der Waals surface area contributed by atoms with Crippen molar-refractivity contribution in [3.05, 3.63) is 53.6 Å². The number of para-hydroxylation sites is 1. The van der Waals surface area contributed by atoms with E-state index in [1.165, 1.54) is 18.2 Å². The van der Waals surface area contributed by atoms with Gasteiger partial charge in [-0.25, -0.2) is 4.79 Å².